The smallest absolute Gasteiger partial charge is 0.0795 e. The molecule has 0 bridgehead atoms. The van der Waals surface area contributed by atoms with Gasteiger partial charge in [0.2, 0.25) is 0 Å². The van der Waals surface area contributed by atoms with Crippen LogP contribution in [0.3, 0.4) is 0 Å². The maximum Gasteiger partial charge on any atom is 0.0795 e. The quantitative estimate of drug-likeness (QED) is 0.582. The third-order valence-corrected chi connectivity index (χ3v) is 7.30. The first-order valence-electron chi connectivity index (χ1n) is 10.5. The number of aliphatic hydroxyl groups is 1. The van der Waals surface area contributed by atoms with Crippen molar-refractivity contribution in [3.05, 3.63) is 69.2 Å². The summed E-state index contributed by atoms with van der Waals surface area (Å²) in [6, 6.07) is 14.2. The van der Waals surface area contributed by atoms with Gasteiger partial charge in [0, 0.05) is 16.6 Å². The van der Waals surface area contributed by atoms with E-state index in [1.54, 1.807) is 0 Å². The van der Waals surface area contributed by atoms with E-state index in [9.17, 15) is 5.11 Å². The van der Waals surface area contributed by atoms with Crippen LogP contribution < -0.4 is 0 Å². The van der Waals surface area contributed by atoms with Gasteiger partial charge in [-0.15, -0.1) is 0 Å². The lowest BCUT2D eigenvalue weighted by Gasteiger charge is -2.35. The summed E-state index contributed by atoms with van der Waals surface area (Å²) in [5.41, 5.74) is 3.58. The fourth-order valence-electron chi connectivity index (χ4n) is 5.25. The second-order valence-corrected chi connectivity index (χ2v) is 9.41. The first kappa shape index (κ1) is 20.2. The van der Waals surface area contributed by atoms with E-state index in [2.05, 4.69) is 30.0 Å². The van der Waals surface area contributed by atoms with Crippen LogP contribution in [0, 0.1) is 5.92 Å². The normalized spacial score (nSPS) is 26.6. The van der Waals surface area contributed by atoms with Crippen LogP contribution in [0.1, 0.15) is 67.2 Å². The van der Waals surface area contributed by atoms with Crippen LogP contribution in [-0.2, 0) is 0 Å². The standard InChI is InChI=1S/C24H29Cl2NO/c1-16-13-17(14-23(28)20-6-3-2-5-19(16)20)15-27-11-9-18(10-12-27)24-21(25)7-4-8-22(24)26/h2-8,16-18,23,28H,9-15H2,1H3. The van der Waals surface area contributed by atoms with Crippen molar-refractivity contribution in [2.24, 2.45) is 5.92 Å². The van der Waals surface area contributed by atoms with E-state index in [0.717, 1.165) is 66.5 Å². The number of hydrogen-bond donors (Lipinski definition) is 1. The minimum atomic E-state index is -0.342. The lowest BCUT2D eigenvalue weighted by Crippen LogP contribution is -2.37. The molecule has 4 rings (SSSR count). The molecular formula is C24H29Cl2NO. The van der Waals surface area contributed by atoms with Gasteiger partial charge < -0.3 is 10.0 Å². The predicted octanol–water partition coefficient (Wildman–Crippen LogP) is 6.42. The van der Waals surface area contributed by atoms with Gasteiger partial charge in [-0.3, -0.25) is 0 Å². The number of hydrogen-bond acceptors (Lipinski definition) is 2. The monoisotopic (exact) mass is 417 g/mol. The first-order valence-corrected chi connectivity index (χ1v) is 11.2. The largest absolute Gasteiger partial charge is 0.388 e. The van der Waals surface area contributed by atoms with Crippen LogP contribution in [0.4, 0.5) is 0 Å². The number of nitrogens with zero attached hydrogens (tertiary/aromatic N) is 1. The molecule has 1 saturated heterocycles. The summed E-state index contributed by atoms with van der Waals surface area (Å²) in [5, 5.41) is 12.4. The van der Waals surface area contributed by atoms with E-state index in [4.69, 9.17) is 23.2 Å². The number of benzene rings is 2. The van der Waals surface area contributed by atoms with Crippen molar-refractivity contribution in [1.29, 1.82) is 0 Å². The van der Waals surface area contributed by atoms with Crippen LogP contribution >= 0.6 is 23.2 Å². The maximum atomic E-state index is 10.8. The van der Waals surface area contributed by atoms with Crippen molar-refractivity contribution in [3.8, 4) is 0 Å². The summed E-state index contributed by atoms with van der Waals surface area (Å²) in [6.45, 7) is 5.51. The maximum absolute atomic E-state index is 10.8. The topological polar surface area (TPSA) is 23.5 Å². The van der Waals surface area contributed by atoms with Gasteiger partial charge in [0.1, 0.15) is 0 Å². The molecule has 0 spiro atoms. The number of rotatable bonds is 3. The third kappa shape index (κ3) is 4.26. The summed E-state index contributed by atoms with van der Waals surface area (Å²) in [5.74, 6) is 1.47. The van der Waals surface area contributed by atoms with E-state index < -0.39 is 0 Å². The number of halogens is 2. The van der Waals surface area contributed by atoms with Crippen molar-refractivity contribution in [2.45, 2.75) is 50.5 Å². The zero-order chi connectivity index (χ0) is 19.7. The van der Waals surface area contributed by atoms with Crippen LogP contribution in [0.2, 0.25) is 10.0 Å². The van der Waals surface area contributed by atoms with Gasteiger partial charge in [0.15, 0.2) is 0 Å². The Kier molecular flexibility index (Phi) is 6.32. The fourth-order valence-corrected chi connectivity index (χ4v) is 5.95. The minimum absolute atomic E-state index is 0.342. The van der Waals surface area contributed by atoms with Gasteiger partial charge in [0.05, 0.1) is 6.10 Å². The molecule has 1 fully saturated rings. The average Bonchev–Trinajstić information content (AvgIpc) is 2.80. The zero-order valence-corrected chi connectivity index (χ0v) is 18.0. The third-order valence-electron chi connectivity index (χ3n) is 6.64. The van der Waals surface area contributed by atoms with E-state index in [-0.39, 0.29) is 6.10 Å². The van der Waals surface area contributed by atoms with Crippen LogP contribution in [0.25, 0.3) is 0 Å². The Morgan fingerprint density at radius 2 is 1.57 bits per heavy atom. The van der Waals surface area contributed by atoms with Crippen molar-refractivity contribution in [2.75, 3.05) is 19.6 Å². The highest BCUT2D eigenvalue weighted by Gasteiger charge is 2.30. The molecule has 3 unspecified atom stereocenters. The molecule has 3 atom stereocenters. The molecule has 1 aliphatic heterocycles. The summed E-state index contributed by atoms with van der Waals surface area (Å²) < 4.78 is 0. The molecule has 2 aromatic rings. The summed E-state index contributed by atoms with van der Waals surface area (Å²) in [4.78, 5) is 2.57. The number of piperidine rings is 1. The first-order chi connectivity index (χ1) is 13.5. The van der Waals surface area contributed by atoms with Gasteiger partial charge in [-0.1, -0.05) is 60.5 Å². The lowest BCUT2D eigenvalue weighted by atomic mass is 9.87. The fraction of sp³-hybridized carbons (Fsp3) is 0.500. The molecule has 0 saturated carbocycles. The molecule has 28 heavy (non-hydrogen) atoms. The molecule has 0 amide bonds. The highest BCUT2D eigenvalue weighted by atomic mass is 35.5. The van der Waals surface area contributed by atoms with Gasteiger partial charge in [0.25, 0.3) is 0 Å². The average molecular weight is 418 g/mol. The van der Waals surface area contributed by atoms with Crippen molar-refractivity contribution < 1.29 is 5.11 Å². The molecule has 0 aromatic heterocycles. The molecule has 1 heterocycles. The molecule has 150 valence electrons. The summed E-state index contributed by atoms with van der Waals surface area (Å²) >= 11 is 12.8. The van der Waals surface area contributed by atoms with E-state index >= 15 is 0 Å². The summed E-state index contributed by atoms with van der Waals surface area (Å²) in [7, 11) is 0. The highest BCUT2D eigenvalue weighted by Crippen LogP contribution is 2.40. The van der Waals surface area contributed by atoms with Crippen LogP contribution in [0.15, 0.2) is 42.5 Å². The van der Waals surface area contributed by atoms with Gasteiger partial charge in [-0.05, 0) is 85.3 Å². The highest BCUT2D eigenvalue weighted by molar-refractivity contribution is 6.36. The Hall–Kier alpha value is -1.06. The number of fused-ring (bicyclic) bond motifs is 1. The second kappa shape index (κ2) is 8.75. The predicted molar refractivity (Wildman–Crippen MR) is 117 cm³/mol. The van der Waals surface area contributed by atoms with E-state index in [0.29, 0.717) is 17.8 Å². The van der Waals surface area contributed by atoms with Crippen LogP contribution in [0.5, 0.6) is 0 Å². The van der Waals surface area contributed by atoms with Crippen LogP contribution in [-0.4, -0.2) is 29.6 Å². The Bertz CT molecular complexity index is 765. The summed E-state index contributed by atoms with van der Waals surface area (Å²) in [6.07, 6.45) is 3.84. The van der Waals surface area contributed by atoms with Crippen molar-refractivity contribution in [1.82, 2.24) is 4.90 Å². The van der Waals surface area contributed by atoms with Gasteiger partial charge in [-0.25, -0.2) is 0 Å². The number of likely N-dealkylation sites (tertiary alicyclic amines) is 1. The zero-order valence-electron chi connectivity index (χ0n) is 16.5. The van der Waals surface area contributed by atoms with Gasteiger partial charge in [-0.2, -0.15) is 0 Å². The Labute approximate surface area is 178 Å². The minimum Gasteiger partial charge on any atom is -0.388 e. The number of aliphatic hydroxyl groups excluding tert-OH is 1. The Morgan fingerprint density at radius 1 is 0.929 bits per heavy atom. The van der Waals surface area contributed by atoms with E-state index in [1.165, 1.54) is 5.56 Å². The molecule has 0 radical (unpaired) electrons. The van der Waals surface area contributed by atoms with Gasteiger partial charge >= 0.3 is 0 Å². The molecule has 4 heteroatoms. The molecule has 2 aliphatic rings. The SMILES string of the molecule is CC1CC(CN2CCC(c3c(Cl)cccc3Cl)CC2)CC(O)c2ccccc21. The van der Waals surface area contributed by atoms with E-state index in [1.807, 2.05) is 24.3 Å². The Balaban J connectivity index is 1.38. The molecule has 1 aliphatic carbocycles. The van der Waals surface area contributed by atoms with Crippen molar-refractivity contribution in [3.63, 3.8) is 0 Å². The second-order valence-electron chi connectivity index (χ2n) is 8.59. The Morgan fingerprint density at radius 3 is 2.25 bits per heavy atom. The van der Waals surface area contributed by atoms with Crippen molar-refractivity contribution >= 4 is 23.2 Å². The lowest BCUT2D eigenvalue weighted by molar-refractivity contribution is 0.116. The molecule has 2 nitrogen and oxygen atoms in total. The molecular weight excluding hydrogens is 389 g/mol. The molecule has 1 N–H and O–H groups in total. The molecule has 2 aromatic carbocycles.